The summed E-state index contributed by atoms with van der Waals surface area (Å²) in [7, 11) is 3.66. The predicted octanol–water partition coefficient (Wildman–Crippen LogP) is 24.6. The summed E-state index contributed by atoms with van der Waals surface area (Å²) in [5, 5.41) is 15.3. The number of thiophene rings is 3. The molecule has 4 N–H and O–H groups in total. The Morgan fingerprint density at radius 3 is 1.33 bits per heavy atom. The number of thiol groups is 1. The molecule has 14 rings (SSSR count). The predicted molar refractivity (Wildman–Crippen MR) is 473 cm³/mol. The van der Waals surface area contributed by atoms with Crippen LogP contribution in [0.25, 0.3) is 30.3 Å². The number of benzene rings is 7. The second kappa shape index (κ2) is 43.2. The van der Waals surface area contributed by atoms with Gasteiger partial charge in [0.1, 0.15) is 57.8 Å². The Bertz CT molecular complexity index is 5660. The summed E-state index contributed by atoms with van der Waals surface area (Å²) < 4.78 is 98.7. The number of H-pyrrole nitrogens is 3. The van der Waals surface area contributed by atoms with Crippen LogP contribution in [0, 0.1) is 84.5 Å². The van der Waals surface area contributed by atoms with Gasteiger partial charge in [-0.3, -0.25) is 28.8 Å². The van der Waals surface area contributed by atoms with Crippen molar-refractivity contribution < 1.29 is 60.2 Å². The summed E-state index contributed by atoms with van der Waals surface area (Å²) in [5.74, 6) is 0.961. The summed E-state index contributed by atoms with van der Waals surface area (Å²) in [6.07, 6.45) is 5.00. The van der Waals surface area contributed by atoms with E-state index in [2.05, 4.69) is 119 Å². The van der Waals surface area contributed by atoms with Gasteiger partial charge in [0.15, 0.2) is 17.3 Å². The van der Waals surface area contributed by atoms with Gasteiger partial charge in [0.2, 0.25) is 0 Å². The molecule has 0 unspecified atom stereocenters. The first-order chi connectivity index (χ1) is 53.5. The number of nitrogens with zero attached hydrogens (tertiary/aromatic N) is 1. The van der Waals surface area contributed by atoms with Crippen molar-refractivity contribution in [3.05, 3.63) is 306 Å². The number of ether oxygens (including phenoxy) is 2. The molecule has 15 nitrogen and oxygen atoms in total. The molecule has 0 amide bonds. The molecule has 7 heterocycles. The Morgan fingerprint density at radius 1 is 0.491 bits per heavy atom. The fourth-order valence-electron chi connectivity index (χ4n) is 10.5. The Hall–Kier alpha value is -8.07. The summed E-state index contributed by atoms with van der Waals surface area (Å²) in [6.45, 7) is 26.6. The maximum absolute atomic E-state index is 13.7. The second-order valence-electron chi connectivity index (χ2n) is 26.4. The van der Waals surface area contributed by atoms with Crippen molar-refractivity contribution in [3.8, 4) is 28.7 Å². The van der Waals surface area contributed by atoms with Crippen LogP contribution in [0.1, 0.15) is 124 Å². The number of hydrogen-bond donors (Lipinski definition) is 5. The summed E-state index contributed by atoms with van der Waals surface area (Å²) in [4.78, 5) is 75.1. The van der Waals surface area contributed by atoms with Gasteiger partial charge >= 0.3 is 31.9 Å². The van der Waals surface area contributed by atoms with Crippen molar-refractivity contribution in [2.24, 2.45) is 4.30 Å². The number of halogens is 10. The fraction of sp³-hybridized carbons (Fsp3) is 0.205. The third kappa shape index (κ3) is 26.7. The van der Waals surface area contributed by atoms with Crippen molar-refractivity contribution in [3.63, 3.8) is 0 Å². The Balaban J connectivity index is 0.000000209. The number of fused-ring (bicyclic) bond motifs is 3. The molecule has 13 aromatic rings. The molecule has 1 saturated heterocycles. The van der Waals surface area contributed by atoms with Crippen LogP contribution >= 0.6 is 126 Å². The first kappa shape index (κ1) is 94.8. The SMILES string of the molecule is CC(=O)c1ccc(F)c(Br)c1.CC(=O)c1ccc(Oc2c(C)cc(F)cc2C)c(B2OC(C)(C)C(C)(C)O2)c1.CC(=O)c1ccc(Oc2c(C)cc(F)cc2C)c(Br)c1.Cc1cc(F)cc(C)c1Br.Cc1cc(F)cc(C)c1O.O=c1[nH]cc(Br)c2sccc12.O=c1[nH]ccc2sc(Br)cc12.O=c1[nH]ccc2sccc12.[B]=NS. The average Bonchev–Trinajstić information content (AvgIpc) is 1.61. The van der Waals surface area contributed by atoms with E-state index in [-0.39, 0.29) is 68.9 Å². The van der Waals surface area contributed by atoms with E-state index < -0.39 is 18.3 Å². The number of aryl methyl sites for hydroxylation is 8. The van der Waals surface area contributed by atoms with E-state index in [1.165, 1.54) is 87.5 Å². The Morgan fingerprint density at radius 2 is 0.886 bits per heavy atom. The van der Waals surface area contributed by atoms with Crippen LogP contribution in [0.2, 0.25) is 0 Å². The number of Topliss-reactive ketones (excluding diaryl/α,β-unsaturated/α-hetero) is 3. The molecule has 7 aromatic carbocycles. The van der Waals surface area contributed by atoms with Gasteiger partial charge in [-0.15, -0.1) is 34.0 Å². The van der Waals surface area contributed by atoms with E-state index in [9.17, 15) is 50.7 Å². The molecule has 0 atom stereocenters. The van der Waals surface area contributed by atoms with Gasteiger partial charge in [0.05, 0.1) is 49.3 Å². The molecule has 1 aliphatic rings. The minimum absolute atomic E-state index is 0.00116. The Labute approximate surface area is 717 Å². The van der Waals surface area contributed by atoms with Crippen molar-refractivity contribution in [1.29, 1.82) is 0 Å². The first-order valence-corrected chi connectivity index (χ1v) is 41.1. The minimum atomic E-state index is -0.680. The normalized spacial score (nSPS) is 11.9. The second-order valence-corrected chi connectivity index (χ2v) is 34.3. The molecule has 0 saturated carbocycles. The van der Waals surface area contributed by atoms with E-state index in [1.807, 2.05) is 82.6 Å². The zero-order valence-corrected chi connectivity index (χ0v) is 75.4. The molecule has 0 bridgehead atoms. The number of phenolic OH excluding ortho intramolecular Hbond substituents is 1. The number of nitrogens with one attached hydrogen (secondary N) is 3. The van der Waals surface area contributed by atoms with Gasteiger partial charge in [-0.05, 0) is 356 Å². The van der Waals surface area contributed by atoms with Crippen LogP contribution in [0.3, 0.4) is 0 Å². The Kier molecular flexibility index (Phi) is 35.9. The number of carbonyl (C=O) groups is 3. The van der Waals surface area contributed by atoms with Gasteiger partial charge in [0, 0.05) is 54.6 Å². The van der Waals surface area contributed by atoms with Gasteiger partial charge in [-0.1, -0.05) is 15.9 Å². The molecule has 1 aliphatic heterocycles. The number of hydrogen-bond acceptors (Lipinski definition) is 16. The van der Waals surface area contributed by atoms with Crippen LogP contribution in [-0.2, 0) is 9.31 Å². The molecular formula is C83H77B2Br5F5N4O11S4. The van der Waals surface area contributed by atoms with Gasteiger partial charge in [0.25, 0.3) is 16.7 Å². The molecule has 31 heteroatoms. The van der Waals surface area contributed by atoms with Crippen LogP contribution < -0.4 is 31.6 Å². The van der Waals surface area contributed by atoms with Crippen LogP contribution in [0.5, 0.6) is 28.7 Å². The van der Waals surface area contributed by atoms with E-state index in [1.54, 1.807) is 131 Å². The molecule has 6 aromatic heterocycles. The summed E-state index contributed by atoms with van der Waals surface area (Å²) in [5.41, 5.74) is 7.08. The van der Waals surface area contributed by atoms with Crippen LogP contribution in [0.4, 0.5) is 22.0 Å². The monoisotopic (exact) mass is 1950 g/mol. The van der Waals surface area contributed by atoms with Crippen molar-refractivity contribution in [2.75, 3.05) is 0 Å². The molecule has 1 radical (unpaired) electrons. The summed E-state index contributed by atoms with van der Waals surface area (Å²) >= 11 is 24.3. The number of ketones is 3. The van der Waals surface area contributed by atoms with Crippen molar-refractivity contribution in [1.82, 2.24) is 15.0 Å². The van der Waals surface area contributed by atoms with E-state index in [0.717, 1.165) is 65.2 Å². The third-order valence-corrected chi connectivity index (χ3v) is 23.8. The van der Waals surface area contributed by atoms with Crippen molar-refractivity contribution >= 4 is 194 Å². The quantitative estimate of drug-likeness (QED) is 0.0417. The van der Waals surface area contributed by atoms with Gasteiger partial charge in [-0.2, -0.15) is 0 Å². The van der Waals surface area contributed by atoms with Crippen molar-refractivity contribution in [2.45, 2.75) is 115 Å². The van der Waals surface area contributed by atoms with Gasteiger partial charge in [-0.25, -0.2) is 22.0 Å². The number of aromatic hydroxyl groups is 1. The third-order valence-electron chi connectivity index (χ3n) is 17.0. The summed E-state index contributed by atoms with van der Waals surface area (Å²) in [6, 6.07) is 35.2. The average molecular weight is 1950 g/mol. The number of aromatic nitrogens is 3. The maximum atomic E-state index is 13.7. The molecular weight excluding hydrogens is 1870 g/mol. The molecule has 595 valence electrons. The van der Waals surface area contributed by atoms with Gasteiger partial charge < -0.3 is 38.8 Å². The zero-order valence-electron chi connectivity index (χ0n) is 64.2. The molecule has 0 aliphatic carbocycles. The van der Waals surface area contributed by atoms with E-state index >= 15 is 0 Å². The number of carbonyl (C=O) groups excluding carboxylic acids is 3. The van der Waals surface area contributed by atoms with E-state index in [4.69, 9.17) is 23.9 Å². The fourth-order valence-corrected chi connectivity index (χ4v) is 15.3. The molecule has 1 fully saturated rings. The zero-order chi connectivity index (χ0) is 85.0. The topological polar surface area (TPSA) is 219 Å². The standard InChI is InChI=1S/C22H26BFO4.C16H14BrFO2.C8H6BrFO.C8H8BrF.C8H9FO.2C7H4BrNOS.C7H5NOS.BHNS/c1-13-10-17(24)11-14(2)20(13)26-19-9-8-16(15(3)25)12-18(19)23-27-21(4,5)22(6,7)28-23;1-9-6-13(18)7-10(2)16(9)20-15-5-4-12(11(3)19)8-14(15)17;1-5(11)6-2-3-8(10)7(9)4-6;1-5-3-7(10)4-6(2)8(5)9;1-5-3-7(9)4-6(2)8(5)10;8-6-3-4-5(11-6)1-2-9-7(4)10;8-5-3-9-7(10)4-1-2-11-6(4)5;9-7-5-2-4-10-6(5)1-3-8-7;1-2-3/h8-12H,1-7H3;4-8H,1-3H3;2-4H,1H3;3-4H,1-2H3;3-4,10H,1-2H3;2*1-3H,(H,9,10);1-4H,(H,8,9);3H. The number of rotatable bonds is 8. The van der Waals surface area contributed by atoms with E-state index in [0.29, 0.717) is 76.4 Å². The molecule has 0 spiro atoms. The number of phenols is 1. The first-order valence-electron chi connectivity index (χ1n) is 34.1. The van der Waals surface area contributed by atoms with Crippen LogP contribution in [-0.4, -0.2) is 63.4 Å². The number of aromatic amines is 3. The number of pyridine rings is 3. The van der Waals surface area contributed by atoms with Crippen LogP contribution in [0.15, 0.2) is 203 Å². The molecule has 114 heavy (non-hydrogen) atoms.